The summed E-state index contributed by atoms with van der Waals surface area (Å²) in [4.78, 5) is 0. The second kappa shape index (κ2) is 7.03. The normalized spacial score (nSPS) is 11.3. The summed E-state index contributed by atoms with van der Waals surface area (Å²) < 4.78 is 6.03. The maximum Gasteiger partial charge on any atom is 0.173 e. The second-order valence-electron chi connectivity index (χ2n) is 3.64. The molecule has 1 rings (SSSR count). The van der Waals surface area contributed by atoms with Crippen molar-refractivity contribution < 1.29 is 9.94 Å². The monoisotopic (exact) mass is 313 g/mol. The number of hydrogen-bond donors (Lipinski definition) is 3. The summed E-state index contributed by atoms with van der Waals surface area (Å²) in [6.45, 7) is 5.06. The van der Waals surface area contributed by atoms with E-state index in [1.54, 1.807) is 6.07 Å². The molecule has 0 saturated heterocycles. The van der Waals surface area contributed by atoms with Gasteiger partial charge in [-0.05, 0) is 17.7 Å². The molecule has 98 valence electrons. The van der Waals surface area contributed by atoms with Crippen molar-refractivity contribution in [2.45, 2.75) is 6.54 Å². The SMILES string of the molecule is C=C(Br)CNCc1ccc(OC)c(/C(N)=N/O)c1. The fraction of sp³-hybridized carbons (Fsp3) is 0.250. The third-order valence-corrected chi connectivity index (χ3v) is 2.57. The molecule has 5 nitrogen and oxygen atoms in total. The van der Waals surface area contributed by atoms with E-state index >= 15 is 0 Å². The van der Waals surface area contributed by atoms with Gasteiger partial charge < -0.3 is 21.0 Å². The third kappa shape index (κ3) is 4.05. The number of nitrogens with one attached hydrogen (secondary N) is 1. The summed E-state index contributed by atoms with van der Waals surface area (Å²) in [6, 6.07) is 5.52. The molecule has 0 saturated carbocycles. The molecule has 1 aromatic rings. The number of nitrogens with two attached hydrogens (primary N) is 1. The Morgan fingerprint density at radius 1 is 1.61 bits per heavy atom. The minimum Gasteiger partial charge on any atom is -0.496 e. The van der Waals surface area contributed by atoms with E-state index in [1.165, 1.54) is 7.11 Å². The average Bonchev–Trinajstić information content (AvgIpc) is 2.37. The number of benzene rings is 1. The Morgan fingerprint density at radius 2 is 2.33 bits per heavy atom. The third-order valence-electron chi connectivity index (χ3n) is 2.29. The fourth-order valence-electron chi connectivity index (χ4n) is 1.46. The highest BCUT2D eigenvalue weighted by atomic mass is 79.9. The van der Waals surface area contributed by atoms with Crippen molar-refractivity contribution in [2.75, 3.05) is 13.7 Å². The smallest absolute Gasteiger partial charge is 0.173 e. The Labute approximate surface area is 114 Å². The van der Waals surface area contributed by atoms with Crippen molar-refractivity contribution in [2.24, 2.45) is 10.9 Å². The van der Waals surface area contributed by atoms with Gasteiger partial charge in [-0.15, -0.1) is 0 Å². The number of methoxy groups -OCH3 is 1. The van der Waals surface area contributed by atoms with E-state index in [0.29, 0.717) is 24.4 Å². The first-order valence-corrected chi connectivity index (χ1v) is 6.06. The van der Waals surface area contributed by atoms with Crippen molar-refractivity contribution in [3.8, 4) is 5.75 Å². The summed E-state index contributed by atoms with van der Waals surface area (Å²) in [7, 11) is 1.54. The number of rotatable bonds is 6. The molecule has 0 aromatic heterocycles. The zero-order chi connectivity index (χ0) is 13.5. The van der Waals surface area contributed by atoms with E-state index in [-0.39, 0.29) is 5.84 Å². The van der Waals surface area contributed by atoms with Gasteiger partial charge in [-0.3, -0.25) is 0 Å². The molecule has 4 N–H and O–H groups in total. The van der Waals surface area contributed by atoms with Gasteiger partial charge in [-0.2, -0.15) is 0 Å². The van der Waals surface area contributed by atoms with Crippen molar-refractivity contribution >= 4 is 21.8 Å². The number of ether oxygens (including phenoxy) is 1. The Morgan fingerprint density at radius 3 is 2.89 bits per heavy atom. The van der Waals surface area contributed by atoms with Crippen molar-refractivity contribution in [3.63, 3.8) is 0 Å². The molecule has 0 amide bonds. The number of halogens is 1. The van der Waals surface area contributed by atoms with Crippen LogP contribution in [0.5, 0.6) is 5.75 Å². The van der Waals surface area contributed by atoms with Crippen LogP contribution in [0.25, 0.3) is 0 Å². The first-order chi connectivity index (χ1) is 8.58. The van der Waals surface area contributed by atoms with Crippen LogP contribution >= 0.6 is 15.9 Å². The quantitative estimate of drug-likeness (QED) is 0.324. The van der Waals surface area contributed by atoms with E-state index in [0.717, 1.165) is 10.0 Å². The fourth-order valence-corrected chi connectivity index (χ4v) is 1.66. The Balaban J connectivity index is 2.86. The first kappa shape index (κ1) is 14.5. The zero-order valence-corrected chi connectivity index (χ0v) is 11.7. The van der Waals surface area contributed by atoms with Crippen LogP contribution < -0.4 is 15.8 Å². The van der Waals surface area contributed by atoms with Crippen molar-refractivity contribution in [3.05, 3.63) is 40.4 Å². The van der Waals surface area contributed by atoms with Gasteiger partial charge in [0.15, 0.2) is 5.84 Å². The van der Waals surface area contributed by atoms with Crippen LogP contribution in [-0.2, 0) is 6.54 Å². The van der Waals surface area contributed by atoms with Gasteiger partial charge in [0, 0.05) is 17.6 Å². The van der Waals surface area contributed by atoms with E-state index in [9.17, 15) is 0 Å². The van der Waals surface area contributed by atoms with Gasteiger partial charge in [0.25, 0.3) is 0 Å². The molecule has 0 heterocycles. The van der Waals surface area contributed by atoms with E-state index in [2.05, 4.69) is 33.0 Å². The summed E-state index contributed by atoms with van der Waals surface area (Å²) in [5.74, 6) is 0.595. The van der Waals surface area contributed by atoms with Crippen LogP contribution in [0.1, 0.15) is 11.1 Å². The second-order valence-corrected chi connectivity index (χ2v) is 4.76. The van der Waals surface area contributed by atoms with Crippen LogP contribution in [-0.4, -0.2) is 24.7 Å². The zero-order valence-electron chi connectivity index (χ0n) is 10.1. The number of nitrogens with zero attached hydrogens (tertiary/aromatic N) is 1. The molecule has 6 heteroatoms. The van der Waals surface area contributed by atoms with Gasteiger partial charge >= 0.3 is 0 Å². The summed E-state index contributed by atoms with van der Waals surface area (Å²) in [5.41, 5.74) is 7.17. The molecule has 0 fully saturated rings. The maximum absolute atomic E-state index is 8.72. The van der Waals surface area contributed by atoms with Gasteiger partial charge in [0.2, 0.25) is 0 Å². The summed E-state index contributed by atoms with van der Waals surface area (Å²) >= 11 is 3.27. The summed E-state index contributed by atoms with van der Waals surface area (Å²) in [5, 5.41) is 14.9. The highest BCUT2D eigenvalue weighted by Gasteiger charge is 2.08. The first-order valence-electron chi connectivity index (χ1n) is 5.27. The van der Waals surface area contributed by atoms with Crippen molar-refractivity contribution in [1.29, 1.82) is 0 Å². The molecule has 0 radical (unpaired) electrons. The van der Waals surface area contributed by atoms with Gasteiger partial charge in [0.1, 0.15) is 5.75 Å². The van der Waals surface area contributed by atoms with Crippen LogP contribution in [0, 0.1) is 0 Å². The lowest BCUT2D eigenvalue weighted by Crippen LogP contribution is -2.17. The van der Waals surface area contributed by atoms with Gasteiger partial charge in [-0.1, -0.05) is 33.7 Å². The predicted molar refractivity (Wildman–Crippen MR) is 75.3 cm³/mol. The molecule has 0 bridgehead atoms. The van der Waals surface area contributed by atoms with Gasteiger partial charge in [0.05, 0.1) is 12.7 Å². The standard InChI is InChI=1S/C12H16BrN3O2/c1-8(13)6-15-7-9-3-4-11(18-2)10(5-9)12(14)16-17/h3-5,15,17H,1,6-7H2,2H3,(H2,14,16). The topological polar surface area (TPSA) is 79.9 Å². The molecule has 1 aromatic carbocycles. The average molecular weight is 314 g/mol. The summed E-state index contributed by atoms with van der Waals surface area (Å²) in [6.07, 6.45) is 0. The van der Waals surface area contributed by atoms with Gasteiger partial charge in [-0.25, -0.2) is 0 Å². The molecule has 0 aliphatic heterocycles. The molecule has 0 unspecified atom stereocenters. The molecule has 0 spiro atoms. The van der Waals surface area contributed by atoms with E-state index in [4.69, 9.17) is 15.7 Å². The maximum atomic E-state index is 8.72. The van der Waals surface area contributed by atoms with E-state index < -0.39 is 0 Å². The van der Waals surface area contributed by atoms with Crippen LogP contribution in [0.4, 0.5) is 0 Å². The number of hydrogen-bond acceptors (Lipinski definition) is 4. The molecule has 0 aliphatic carbocycles. The van der Waals surface area contributed by atoms with Crippen LogP contribution in [0.3, 0.4) is 0 Å². The largest absolute Gasteiger partial charge is 0.496 e. The minimum absolute atomic E-state index is 0.0265. The molecular weight excluding hydrogens is 298 g/mol. The Kier molecular flexibility index (Phi) is 5.67. The highest BCUT2D eigenvalue weighted by Crippen LogP contribution is 2.19. The minimum atomic E-state index is 0.0265. The van der Waals surface area contributed by atoms with E-state index in [1.807, 2.05) is 12.1 Å². The number of oxime groups is 1. The lowest BCUT2D eigenvalue weighted by molar-refractivity contribution is 0.318. The number of amidine groups is 1. The highest BCUT2D eigenvalue weighted by molar-refractivity contribution is 9.11. The molecule has 18 heavy (non-hydrogen) atoms. The Bertz CT molecular complexity index is 461. The lowest BCUT2D eigenvalue weighted by atomic mass is 10.1. The predicted octanol–water partition coefficient (Wildman–Crippen LogP) is 1.79. The molecule has 0 aliphatic rings. The van der Waals surface area contributed by atoms with Crippen molar-refractivity contribution in [1.82, 2.24) is 5.32 Å². The molecular formula is C12H16BrN3O2. The van der Waals surface area contributed by atoms with Crippen LogP contribution in [0.15, 0.2) is 34.4 Å². The molecule has 0 atom stereocenters. The lowest BCUT2D eigenvalue weighted by Gasteiger charge is -2.10. The Hall–Kier alpha value is -1.53. The van der Waals surface area contributed by atoms with Crippen LogP contribution in [0.2, 0.25) is 0 Å².